The Kier molecular flexibility index (Phi) is 9.39. The molecule has 7 nitrogen and oxygen atoms in total. The third-order valence-corrected chi connectivity index (χ3v) is 11.3. The van der Waals surface area contributed by atoms with E-state index in [-0.39, 0.29) is 47.5 Å². The molecule has 1 spiro atoms. The summed E-state index contributed by atoms with van der Waals surface area (Å²) in [6.07, 6.45) is 5.00. The van der Waals surface area contributed by atoms with E-state index in [0.29, 0.717) is 19.6 Å². The lowest BCUT2D eigenvalue weighted by Crippen LogP contribution is -2.61. The Balaban J connectivity index is 1.75. The molecule has 3 saturated heterocycles. The fraction of sp³-hybridized carbons (Fsp3) is 0.618. The van der Waals surface area contributed by atoms with Gasteiger partial charge in [-0.3, -0.25) is 14.4 Å². The molecule has 1 aromatic rings. The van der Waals surface area contributed by atoms with Crippen molar-refractivity contribution in [3.63, 3.8) is 0 Å². The summed E-state index contributed by atoms with van der Waals surface area (Å²) >= 11 is 1.67. The van der Waals surface area contributed by atoms with Gasteiger partial charge in [0.2, 0.25) is 17.7 Å². The molecule has 6 atom stereocenters. The molecule has 0 aromatic heterocycles. The average Bonchev–Trinajstić information content (AvgIpc) is 3.49. The molecule has 2 bridgehead atoms. The molecule has 3 fully saturated rings. The molecule has 3 unspecified atom stereocenters. The average molecular weight is 596 g/mol. The maximum atomic E-state index is 14.8. The van der Waals surface area contributed by atoms with Crippen molar-refractivity contribution in [2.75, 3.05) is 26.2 Å². The van der Waals surface area contributed by atoms with Gasteiger partial charge in [-0.15, -0.1) is 24.9 Å². The molecule has 1 N–H and O–H groups in total. The number of hydrogen-bond acceptors (Lipinski definition) is 5. The van der Waals surface area contributed by atoms with Crippen LogP contribution in [0.5, 0.6) is 0 Å². The van der Waals surface area contributed by atoms with Crippen LogP contribution < -0.4 is 0 Å². The molecule has 0 aliphatic carbocycles. The minimum Gasteiger partial charge on any atom is -0.395 e. The van der Waals surface area contributed by atoms with E-state index in [1.807, 2.05) is 35.2 Å². The van der Waals surface area contributed by atoms with Crippen LogP contribution in [0, 0.1) is 23.2 Å². The Bertz CT molecular complexity index is 1190. The minimum atomic E-state index is -0.758. The zero-order chi connectivity index (χ0) is 31.0. The molecule has 230 valence electrons. The molecule has 3 amide bonds. The first kappa shape index (κ1) is 32.3. The summed E-state index contributed by atoms with van der Waals surface area (Å²) in [7, 11) is 0. The fourth-order valence-corrected chi connectivity index (χ4v) is 10.5. The van der Waals surface area contributed by atoms with E-state index in [4.69, 9.17) is 0 Å². The predicted molar refractivity (Wildman–Crippen MR) is 170 cm³/mol. The number of fused-ring (bicyclic) bond motifs is 1. The molecular formula is C34H49N3O4S. The number of aliphatic hydroxyl groups is 1. The first-order valence-electron chi connectivity index (χ1n) is 15.2. The number of thioether (sulfide) groups is 1. The van der Waals surface area contributed by atoms with E-state index in [9.17, 15) is 19.5 Å². The molecule has 8 heteroatoms. The first-order chi connectivity index (χ1) is 19.7. The molecule has 0 radical (unpaired) electrons. The molecule has 0 saturated carbocycles. The zero-order valence-corrected chi connectivity index (χ0v) is 27.0. The summed E-state index contributed by atoms with van der Waals surface area (Å²) in [6.45, 7) is 21.6. The Morgan fingerprint density at radius 3 is 2.31 bits per heavy atom. The van der Waals surface area contributed by atoms with Gasteiger partial charge in [0, 0.05) is 37.0 Å². The van der Waals surface area contributed by atoms with Gasteiger partial charge in [0.25, 0.3) is 0 Å². The van der Waals surface area contributed by atoms with Crippen molar-refractivity contribution < 1.29 is 19.5 Å². The highest BCUT2D eigenvalue weighted by atomic mass is 32.2. The standard InChI is InChI=1S/C34H49N3O4S/c1-9-16-35(21-24-14-12-11-13-15-24)29(39)26-25-20-23(3)34(42-25)27(26)30(40)36(18-19-38)28(34)31(41)37(17-10-2)33(7,8)22-32(4,5)6/h9-15,23,25-28,38H,1-2,16-22H2,3-8H3/t23?,25-,26+,27+,28?,34?/m1/s1. The van der Waals surface area contributed by atoms with E-state index in [2.05, 4.69) is 54.7 Å². The normalized spacial score (nSPS) is 28.5. The van der Waals surface area contributed by atoms with Gasteiger partial charge in [0.05, 0.1) is 23.2 Å². The molecular weight excluding hydrogens is 546 g/mol. The summed E-state index contributed by atoms with van der Waals surface area (Å²) in [4.78, 5) is 48.8. The van der Waals surface area contributed by atoms with Crippen molar-refractivity contribution >= 4 is 29.5 Å². The number of carbonyl (C=O) groups is 3. The number of likely N-dealkylation sites (tertiary alicyclic amines) is 1. The van der Waals surface area contributed by atoms with Crippen LogP contribution in [0.15, 0.2) is 55.6 Å². The summed E-state index contributed by atoms with van der Waals surface area (Å²) < 4.78 is -0.738. The van der Waals surface area contributed by atoms with E-state index in [1.54, 1.807) is 33.7 Å². The Labute approximate surface area is 256 Å². The number of carbonyl (C=O) groups excluding carboxylic acids is 3. The second-order valence-electron chi connectivity index (χ2n) is 14.1. The van der Waals surface area contributed by atoms with Gasteiger partial charge < -0.3 is 19.8 Å². The topological polar surface area (TPSA) is 81.2 Å². The largest absolute Gasteiger partial charge is 0.395 e. The van der Waals surface area contributed by atoms with Crippen LogP contribution in [0.25, 0.3) is 0 Å². The third-order valence-electron chi connectivity index (χ3n) is 9.25. The third kappa shape index (κ3) is 5.69. The lowest BCUT2D eigenvalue weighted by molar-refractivity contribution is -0.147. The lowest BCUT2D eigenvalue weighted by atomic mass is 9.65. The summed E-state index contributed by atoms with van der Waals surface area (Å²) in [5, 5.41) is 10.0. The number of rotatable bonds is 12. The smallest absolute Gasteiger partial charge is 0.247 e. The van der Waals surface area contributed by atoms with Crippen molar-refractivity contribution in [2.24, 2.45) is 23.2 Å². The van der Waals surface area contributed by atoms with E-state index < -0.39 is 28.2 Å². The second-order valence-corrected chi connectivity index (χ2v) is 15.6. The van der Waals surface area contributed by atoms with Crippen LogP contribution in [0.3, 0.4) is 0 Å². The summed E-state index contributed by atoms with van der Waals surface area (Å²) in [5.74, 6) is -1.46. The van der Waals surface area contributed by atoms with Crippen LogP contribution in [-0.4, -0.2) is 85.3 Å². The lowest BCUT2D eigenvalue weighted by Gasteiger charge is -2.47. The number of hydrogen-bond donors (Lipinski definition) is 1. The molecule has 3 aliphatic rings. The van der Waals surface area contributed by atoms with Gasteiger partial charge in [0.15, 0.2) is 0 Å². The Hall–Kier alpha value is -2.58. The highest BCUT2D eigenvalue weighted by Gasteiger charge is 2.76. The molecule has 3 heterocycles. The number of amides is 3. The molecule has 42 heavy (non-hydrogen) atoms. The highest BCUT2D eigenvalue weighted by Crippen LogP contribution is 2.69. The number of nitrogens with zero attached hydrogens (tertiary/aromatic N) is 3. The van der Waals surface area contributed by atoms with Crippen LogP contribution >= 0.6 is 11.8 Å². The van der Waals surface area contributed by atoms with Crippen LogP contribution in [0.1, 0.15) is 59.9 Å². The van der Waals surface area contributed by atoms with Gasteiger partial charge in [0.1, 0.15) is 6.04 Å². The highest BCUT2D eigenvalue weighted by molar-refractivity contribution is 8.02. The second kappa shape index (κ2) is 12.2. The Morgan fingerprint density at radius 2 is 1.74 bits per heavy atom. The predicted octanol–water partition coefficient (Wildman–Crippen LogP) is 4.76. The minimum absolute atomic E-state index is 0.0287. The Morgan fingerprint density at radius 1 is 1.10 bits per heavy atom. The van der Waals surface area contributed by atoms with Gasteiger partial charge in [-0.1, -0.05) is 70.2 Å². The summed E-state index contributed by atoms with van der Waals surface area (Å²) in [5.41, 5.74) is 0.488. The molecule has 1 aromatic carbocycles. The van der Waals surface area contributed by atoms with Gasteiger partial charge >= 0.3 is 0 Å². The van der Waals surface area contributed by atoms with Crippen molar-refractivity contribution in [1.29, 1.82) is 0 Å². The maximum absolute atomic E-state index is 14.8. The van der Waals surface area contributed by atoms with E-state index >= 15 is 0 Å². The fourth-order valence-electron chi connectivity index (χ4n) is 8.14. The van der Waals surface area contributed by atoms with E-state index in [1.165, 1.54) is 0 Å². The monoisotopic (exact) mass is 595 g/mol. The van der Waals surface area contributed by atoms with Crippen molar-refractivity contribution in [1.82, 2.24) is 14.7 Å². The van der Waals surface area contributed by atoms with Crippen LogP contribution in [0.2, 0.25) is 0 Å². The van der Waals surface area contributed by atoms with Gasteiger partial charge in [-0.2, -0.15) is 0 Å². The zero-order valence-electron chi connectivity index (χ0n) is 26.2. The number of β-amino-alcohol motifs (C(OH)–C–C–N with tert-alkyl or cyclic N) is 1. The number of benzene rings is 1. The quantitative estimate of drug-likeness (QED) is 0.353. The number of aliphatic hydroxyl groups excluding tert-OH is 1. The van der Waals surface area contributed by atoms with Crippen LogP contribution in [0.4, 0.5) is 0 Å². The van der Waals surface area contributed by atoms with E-state index in [0.717, 1.165) is 18.4 Å². The van der Waals surface area contributed by atoms with Crippen molar-refractivity contribution in [3.05, 3.63) is 61.2 Å². The summed E-state index contributed by atoms with van der Waals surface area (Å²) in [6, 6.07) is 9.09. The maximum Gasteiger partial charge on any atom is 0.247 e. The van der Waals surface area contributed by atoms with Gasteiger partial charge in [-0.05, 0) is 43.6 Å². The molecule has 3 aliphatic heterocycles. The molecule has 4 rings (SSSR count). The van der Waals surface area contributed by atoms with Crippen molar-refractivity contribution in [3.8, 4) is 0 Å². The van der Waals surface area contributed by atoms with Crippen molar-refractivity contribution in [2.45, 2.75) is 82.5 Å². The van der Waals surface area contributed by atoms with Gasteiger partial charge in [-0.25, -0.2) is 0 Å². The SMILES string of the molecule is C=CCN(Cc1ccccc1)C(=O)[C@@H]1[C@H]2C(=O)N(CCO)C(C(=O)N(CC=C)C(C)(C)CC(C)(C)C)C23S[C@@H]1CC3C. The van der Waals surface area contributed by atoms with Crippen LogP contribution in [-0.2, 0) is 20.9 Å². The first-order valence-corrected chi connectivity index (χ1v) is 16.1.